The average Bonchev–Trinajstić information content (AvgIpc) is 3.04. The lowest BCUT2D eigenvalue weighted by Gasteiger charge is -2.43. The number of carbonyl (C=O) groups is 1. The highest BCUT2D eigenvalue weighted by Gasteiger charge is 2.35. The van der Waals surface area contributed by atoms with E-state index in [1.54, 1.807) is 58.3 Å². The number of ether oxygens (including phenoxy) is 4. The van der Waals surface area contributed by atoms with Crippen LogP contribution in [-0.2, 0) is 9.47 Å². The molecule has 2 atom stereocenters. The van der Waals surface area contributed by atoms with Gasteiger partial charge in [-0.15, -0.1) is 0 Å². The lowest BCUT2D eigenvalue weighted by atomic mass is 10.0. The summed E-state index contributed by atoms with van der Waals surface area (Å²) in [5.41, 5.74) is 1.74. The molecule has 1 N–H and O–H groups in total. The smallest absolute Gasteiger partial charge is 0.410 e. The van der Waals surface area contributed by atoms with Gasteiger partial charge >= 0.3 is 6.09 Å². The number of anilines is 3. The first kappa shape index (κ1) is 33.2. The van der Waals surface area contributed by atoms with Crippen LogP contribution in [-0.4, -0.2) is 114 Å². The highest BCUT2D eigenvalue weighted by molar-refractivity contribution is 5.68. The van der Waals surface area contributed by atoms with Gasteiger partial charge in [0.05, 0.1) is 44.2 Å². The van der Waals surface area contributed by atoms with Crippen molar-refractivity contribution in [2.45, 2.75) is 51.1 Å². The highest BCUT2D eigenvalue weighted by Crippen LogP contribution is 2.32. The van der Waals surface area contributed by atoms with E-state index in [0.29, 0.717) is 34.9 Å². The Hall–Kier alpha value is -4.74. The molecule has 254 valence electrons. The van der Waals surface area contributed by atoms with Crippen molar-refractivity contribution < 1.29 is 28.1 Å². The molecular formula is C34H41FN8O5. The molecule has 3 aliphatic heterocycles. The summed E-state index contributed by atoms with van der Waals surface area (Å²) in [6.07, 6.45) is -0.918. The average molecular weight is 661 g/mol. The van der Waals surface area contributed by atoms with Crippen LogP contribution in [0.4, 0.5) is 26.6 Å². The predicted molar refractivity (Wildman–Crippen MR) is 176 cm³/mol. The summed E-state index contributed by atoms with van der Waals surface area (Å²) in [5, 5.41) is 13.1. The molecule has 2 aromatic heterocycles. The quantitative estimate of drug-likeness (QED) is 0.366. The summed E-state index contributed by atoms with van der Waals surface area (Å²) in [6, 6.07) is 13.3. The summed E-state index contributed by atoms with van der Waals surface area (Å²) in [4.78, 5) is 32.1. The zero-order valence-corrected chi connectivity index (χ0v) is 27.7. The maximum atomic E-state index is 15.1. The number of nitrogens with one attached hydrogen (secondary N) is 1. The number of piperidine rings is 1. The van der Waals surface area contributed by atoms with Gasteiger partial charge in [0.1, 0.15) is 35.0 Å². The Bertz CT molecular complexity index is 1650. The van der Waals surface area contributed by atoms with Gasteiger partial charge in [-0.25, -0.2) is 19.2 Å². The van der Waals surface area contributed by atoms with Crippen LogP contribution in [0.3, 0.4) is 0 Å². The summed E-state index contributed by atoms with van der Waals surface area (Å²) in [5.74, 6) is 1.62. The van der Waals surface area contributed by atoms with Crippen LogP contribution in [0.5, 0.6) is 11.6 Å². The Morgan fingerprint density at radius 3 is 2.54 bits per heavy atom. The van der Waals surface area contributed by atoms with E-state index in [1.165, 1.54) is 4.90 Å². The molecule has 5 heterocycles. The first-order chi connectivity index (χ1) is 23.1. The van der Waals surface area contributed by atoms with E-state index >= 15 is 4.39 Å². The number of pyridine rings is 1. The first-order valence-corrected chi connectivity index (χ1v) is 16.1. The first-order valence-electron chi connectivity index (χ1n) is 16.1. The van der Waals surface area contributed by atoms with Gasteiger partial charge in [-0.2, -0.15) is 10.2 Å². The van der Waals surface area contributed by atoms with Crippen molar-refractivity contribution in [1.29, 1.82) is 5.26 Å². The van der Waals surface area contributed by atoms with Crippen LogP contribution in [0.2, 0.25) is 0 Å². The number of benzene rings is 1. The molecule has 14 heteroatoms. The van der Waals surface area contributed by atoms with Gasteiger partial charge in [0, 0.05) is 50.9 Å². The van der Waals surface area contributed by atoms with Crippen molar-refractivity contribution in [3.8, 4) is 29.0 Å². The highest BCUT2D eigenvalue weighted by atomic mass is 19.1. The Morgan fingerprint density at radius 1 is 1.08 bits per heavy atom. The monoisotopic (exact) mass is 660 g/mol. The number of alkyl halides is 1. The number of carbonyl (C=O) groups excluding carboxylic acids is 1. The third-order valence-electron chi connectivity index (χ3n) is 8.53. The lowest BCUT2D eigenvalue weighted by molar-refractivity contribution is -0.0660. The fourth-order valence-electron chi connectivity index (χ4n) is 5.90. The third-order valence-corrected chi connectivity index (χ3v) is 8.53. The van der Waals surface area contributed by atoms with Gasteiger partial charge in [-0.1, -0.05) is 0 Å². The third kappa shape index (κ3) is 7.69. The summed E-state index contributed by atoms with van der Waals surface area (Å²) < 4.78 is 37.4. The van der Waals surface area contributed by atoms with Crippen molar-refractivity contribution in [3.63, 3.8) is 0 Å². The molecule has 3 aromatic rings. The molecule has 0 spiro atoms. The number of rotatable bonds is 8. The molecule has 0 bridgehead atoms. The molecular weight excluding hydrogens is 619 g/mol. The largest absolute Gasteiger partial charge is 0.486 e. The Kier molecular flexibility index (Phi) is 9.79. The number of piperazine rings is 1. The molecule has 1 amide bonds. The molecule has 13 nitrogen and oxygen atoms in total. The maximum Gasteiger partial charge on any atom is 0.410 e. The second-order valence-electron chi connectivity index (χ2n) is 13.0. The topological polar surface area (TPSA) is 138 Å². The number of nitrogens with zero attached hydrogens (tertiary/aromatic N) is 7. The molecule has 3 saturated heterocycles. The molecule has 0 aliphatic carbocycles. The van der Waals surface area contributed by atoms with Gasteiger partial charge in [0.2, 0.25) is 11.8 Å². The fraction of sp³-hybridized carbons (Fsp3) is 0.500. The van der Waals surface area contributed by atoms with Crippen molar-refractivity contribution >= 4 is 23.5 Å². The standard InChI is InChI=1S/C34H41FN8O5/c1-34(2,3)48-33(44)43-12-10-29(25(35)19-43)47-28-7-5-22(17-23(28)18-36)26-9-11-37-32(38-26)40-30-8-6-27(31(39-30)45-4)42-15-13-41(14-16-42)24-20-46-21-24/h5-9,11,17,24-25,29H,10,12-16,19-21H2,1-4H3,(H,37,38,39,40)/t25-,29+/m1/s1. The van der Waals surface area contributed by atoms with Gasteiger partial charge in [0.15, 0.2) is 6.17 Å². The normalized spacial score (nSPS) is 20.4. The molecule has 0 unspecified atom stereocenters. The Morgan fingerprint density at radius 2 is 1.88 bits per heavy atom. The van der Waals surface area contributed by atoms with Crippen LogP contribution >= 0.6 is 0 Å². The minimum absolute atomic E-state index is 0.146. The summed E-state index contributed by atoms with van der Waals surface area (Å²) >= 11 is 0. The van der Waals surface area contributed by atoms with Gasteiger partial charge in [-0.05, 0) is 57.2 Å². The number of nitriles is 1. The van der Waals surface area contributed by atoms with E-state index in [0.717, 1.165) is 45.1 Å². The van der Waals surface area contributed by atoms with E-state index in [1.807, 2.05) is 12.1 Å². The molecule has 0 saturated carbocycles. The molecule has 3 fully saturated rings. The number of methoxy groups -OCH3 is 1. The zero-order valence-electron chi connectivity index (χ0n) is 27.7. The van der Waals surface area contributed by atoms with Crippen LogP contribution in [0.1, 0.15) is 32.8 Å². The van der Waals surface area contributed by atoms with E-state index < -0.39 is 24.0 Å². The lowest BCUT2D eigenvalue weighted by Crippen LogP contribution is -2.56. The number of hydrogen-bond acceptors (Lipinski definition) is 12. The Labute approximate surface area is 279 Å². The van der Waals surface area contributed by atoms with Crippen molar-refractivity contribution in [2.75, 3.05) is 69.8 Å². The summed E-state index contributed by atoms with van der Waals surface area (Å²) in [7, 11) is 1.61. The molecule has 1 aromatic carbocycles. The van der Waals surface area contributed by atoms with Gasteiger partial charge in [-0.3, -0.25) is 4.90 Å². The van der Waals surface area contributed by atoms with Crippen molar-refractivity contribution in [2.24, 2.45) is 0 Å². The van der Waals surface area contributed by atoms with Crippen LogP contribution in [0.25, 0.3) is 11.3 Å². The minimum atomic E-state index is -1.44. The number of likely N-dealkylation sites (tertiary alicyclic amines) is 1. The van der Waals surface area contributed by atoms with Gasteiger partial charge in [0.25, 0.3) is 0 Å². The van der Waals surface area contributed by atoms with Crippen LogP contribution in [0, 0.1) is 11.3 Å². The van der Waals surface area contributed by atoms with Crippen molar-refractivity contribution in [3.05, 3.63) is 48.2 Å². The molecule has 0 radical (unpaired) electrons. The fourth-order valence-corrected chi connectivity index (χ4v) is 5.90. The van der Waals surface area contributed by atoms with E-state index in [4.69, 9.17) is 18.9 Å². The minimum Gasteiger partial charge on any atom is -0.486 e. The number of hydrogen-bond donors (Lipinski definition) is 1. The second-order valence-corrected chi connectivity index (χ2v) is 13.0. The van der Waals surface area contributed by atoms with E-state index in [-0.39, 0.29) is 30.8 Å². The zero-order chi connectivity index (χ0) is 33.8. The second kappa shape index (κ2) is 14.2. The molecule has 6 rings (SSSR count). The van der Waals surface area contributed by atoms with E-state index in [9.17, 15) is 10.1 Å². The summed E-state index contributed by atoms with van der Waals surface area (Å²) in [6.45, 7) is 10.7. The Balaban J connectivity index is 1.09. The number of amides is 1. The SMILES string of the molecule is COc1nc(Nc2nccc(-c3ccc(O[C@H]4CCN(C(=O)OC(C)(C)C)C[C@H]4F)c(C#N)c3)n2)ccc1N1CCN(C2COC2)CC1. The number of halogens is 1. The van der Waals surface area contributed by atoms with Crippen molar-refractivity contribution in [1.82, 2.24) is 24.8 Å². The van der Waals surface area contributed by atoms with Gasteiger partial charge < -0.3 is 34.1 Å². The molecule has 48 heavy (non-hydrogen) atoms. The van der Waals surface area contributed by atoms with E-state index in [2.05, 4.69) is 36.1 Å². The van der Waals surface area contributed by atoms with Crippen LogP contribution < -0.4 is 19.7 Å². The predicted octanol–water partition coefficient (Wildman–Crippen LogP) is 4.41. The maximum absolute atomic E-state index is 15.1. The van der Waals surface area contributed by atoms with Crippen LogP contribution in [0.15, 0.2) is 42.6 Å². The molecule has 3 aliphatic rings. The number of aromatic nitrogens is 3.